The molecule has 96 valence electrons. The minimum absolute atomic E-state index is 0.427. The lowest BCUT2D eigenvalue weighted by molar-refractivity contribution is -0.00868. The zero-order valence-corrected chi connectivity index (χ0v) is 11.9. The van der Waals surface area contributed by atoms with Crippen molar-refractivity contribution in [2.24, 2.45) is 11.8 Å². The molecule has 16 heavy (non-hydrogen) atoms. The molecule has 3 heteroatoms. The highest BCUT2D eigenvalue weighted by Crippen LogP contribution is 2.21. The molecule has 0 saturated carbocycles. The summed E-state index contributed by atoms with van der Waals surface area (Å²) in [6, 6.07) is 0. The Hall–Kier alpha value is 0.270. The first-order valence-electron chi connectivity index (χ1n) is 6.57. The highest BCUT2D eigenvalue weighted by atomic mass is 32.1. The van der Waals surface area contributed by atoms with E-state index >= 15 is 0 Å². The van der Waals surface area contributed by atoms with Gasteiger partial charge in [0, 0.05) is 20.2 Å². The van der Waals surface area contributed by atoms with E-state index < -0.39 is 0 Å². The van der Waals surface area contributed by atoms with Crippen LogP contribution in [0.25, 0.3) is 0 Å². The van der Waals surface area contributed by atoms with E-state index in [4.69, 9.17) is 4.74 Å². The summed E-state index contributed by atoms with van der Waals surface area (Å²) >= 11 is 4.45. The van der Waals surface area contributed by atoms with Gasteiger partial charge in [0.15, 0.2) is 0 Å². The van der Waals surface area contributed by atoms with Gasteiger partial charge in [-0.05, 0) is 37.0 Å². The Morgan fingerprint density at radius 3 is 2.81 bits per heavy atom. The molecule has 0 aliphatic carbocycles. The van der Waals surface area contributed by atoms with Crippen molar-refractivity contribution in [3.05, 3.63) is 0 Å². The van der Waals surface area contributed by atoms with E-state index in [2.05, 4.69) is 31.4 Å². The van der Waals surface area contributed by atoms with Crippen molar-refractivity contribution in [1.29, 1.82) is 0 Å². The highest BCUT2D eigenvalue weighted by molar-refractivity contribution is 7.80. The lowest BCUT2D eigenvalue weighted by Crippen LogP contribution is -2.45. The third-order valence-corrected chi connectivity index (χ3v) is 4.26. The average molecular weight is 245 g/mol. The maximum absolute atomic E-state index is 5.55. The molecule has 3 unspecified atom stereocenters. The summed E-state index contributed by atoms with van der Waals surface area (Å²) in [5, 5.41) is 0. The Bertz CT molecular complexity index is 189. The van der Waals surface area contributed by atoms with Crippen molar-refractivity contribution >= 4 is 12.6 Å². The van der Waals surface area contributed by atoms with Crippen LogP contribution < -0.4 is 0 Å². The summed E-state index contributed by atoms with van der Waals surface area (Å²) in [6.45, 7) is 8.09. The molecule has 0 bridgehead atoms. The zero-order valence-electron chi connectivity index (χ0n) is 11.0. The lowest BCUT2D eigenvalue weighted by Gasteiger charge is -2.37. The average Bonchev–Trinajstić information content (AvgIpc) is 2.30. The maximum Gasteiger partial charge on any atom is 0.0724 e. The van der Waals surface area contributed by atoms with Crippen molar-refractivity contribution in [3.8, 4) is 0 Å². The van der Waals surface area contributed by atoms with Gasteiger partial charge in [-0.1, -0.05) is 20.3 Å². The van der Waals surface area contributed by atoms with E-state index in [-0.39, 0.29) is 0 Å². The van der Waals surface area contributed by atoms with Crippen LogP contribution in [-0.2, 0) is 4.74 Å². The molecule has 0 radical (unpaired) electrons. The van der Waals surface area contributed by atoms with Crippen LogP contribution in [-0.4, -0.2) is 43.5 Å². The number of methoxy groups -OCH3 is 1. The summed E-state index contributed by atoms with van der Waals surface area (Å²) in [4.78, 5) is 2.56. The third-order valence-electron chi connectivity index (χ3n) is 3.75. The summed E-state index contributed by atoms with van der Waals surface area (Å²) in [6.07, 6.45) is 4.26. The number of hydrogen-bond donors (Lipinski definition) is 1. The van der Waals surface area contributed by atoms with Gasteiger partial charge >= 0.3 is 0 Å². The summed E-state index contributed by atoms with van der Waals surface area (Å²) < 4.78 is 5.55. The Balaban J connectivity index is 2.36. The van der Waals surface area contributed by atoms with Crippen molar-refractivity contribution in [2.75, 3.05) is 32.5 Å². The van der Waals surface area contributed by atoms with E-state index in [1.54, 1.807) is 0 Å². The van der Waals surface area contributed by atoms with Gasteiger partial charge in [0.05, 0.1) is 6.10 Å². The first-order valence-corrected chi connectivity index (χ1v) is 7.20. The molecule has 2 nitrogen and oxygen atoms in total. The molecule has 0 spiro atoms. The molecule has 1 aliphatic rings. The van der Waals surface area contributed by atoms with Gasteiger partial charge in [0.25, 0.3) is 0 Å². The van der Waals surface area contributed by atoms with Crippen LogP contribution in [0.1, 0.15) is 33.1 Å². The molecule has 1 saturated heterocycles. The molecule has 0 N–H and O–H groups in total. The molecule has 1 fully saturated rings. The molecular weight excluding hydrogens is 218 g/mol. The first-order chi connectivity index (χ1) is 7.71. The van der Waals surface area contributed by atoms with Gasteiger partial charge in [0.1, 0.15) is 0 Å². The molecule has 0 aromatic carbocycles. The predicted octanol–water partition coefficient (Wildman–Crippen LogP) is 2.69. The molecule has 0 aromatic rings. The normalized spacial score (nSPS) is 29.2. The number of hydrogen-bond acceptors (Lipinski definition) is 3. The van der Waals surface area contributed by atoms with Gasteiger partial charge in [-0.2, -0.15) is 12.6 Å². The molecule has 1 heterocycles. The number of thiol groups is 1. The van der Waals surface area contributed by atoms with Gasteiger partial charge < -0.3 is 9.64 Å². The van der Waals surface area contributed by atoms with Gasteiger partial charge in [-0.25, -0.2) is 0 Å². The van der Waals surface area contributed by atoms with Crippen LogP contribution in [0, 0.1) is 11.8 Å². The molecule has 0 aromatic heterocycles. The fourth-order valence-corrected chi connectivity index (χ4v) is 2.88. The second-order valence-electron chi connectivity index (χ2n) is 5.14. The van der Waals surface area contributed by atoms with E-state index in [9.17, 15) is 0 Å². The third kappa shape index (κ3) is 4.27. The van der Waals surface area contributed by atoms with Crippen molar-refractivity contribution in [2.45, 2.75) is 39.2 Å². The van der Waals surface area contributed by atoms with E-state index in [0.717, 1.165) is 18.2 Å². The van der Waals surface area contributed by atoms with Crippen molar-refractivity contribution in [3.63, 3.8) is 0 Å². The molecule has 1 aliphatic heterocycles. The van der Waals surface area contributed by atoms with Crippen LogP contribution in [0.5, 0.6) is 0 Å². The molecular formula is C13H27NOS. The number of ether oxygens (including phenoxy) is 1. The fraction of sp³-hybridized carbons (Fsp3) is 1.00. The quantitative estimate of drug-likeness (QED) is 0.722. The SMILES string of the molecule is CCCC(CS)CN1CCC(C)C(OC)C1. The standard InChI is InChI=1S/C13H27NOS/c1-4-5-12(10-16)8-14-7-6-11(2)13(9-14)15-3/h11-13,16H,4-10H2,1-3H3. The van der Waals surface area contributed by atoms with Gasteiger partial charge in [-0.15, -0.1) is 0 Å². The summed E-state index contributed by atoms with van der Waals surface area (Å²) in [5.41, 5.74) is 0. The number of rotatable bonds is 6. The van der Waals surface area contributed by atoms with Crippen molar-refractivity contribution < 1.29 is 4.74 Å². The number of likely N-dealkylation sites (tertiary alicyclic amines) is 1. The second-order valence-corrected chi connectivity index (χ2v) is 5.50. The van der Waals surface area contributed by atoms with Gasteiger partial charge in [-0.3, -0.25) is 0 Å². The lowest BCUT2D eigenvalue weighted by atomic mass is 9.94. The fourth-order valence-electron chi connectivity index (χ4n) is 2.58. The van der Waals surface area contributed by atoms with Crippen molar-refractivity contribution in [1.82, 2.24) is 4.90 Å². The second kappa shape index (κ2) is 7.57. The van der Waals surface area contributed by atoms with Crippen LogP contribution >= 0.6 is 12.6 Å². The van der Waals surface area contributed by atoms with E-state index in [0.29, 0.717) is 12.0 Å². The zero-order chi connectivity index (χ0) is 12.0. The smallest absolute Gasteiger partial charge is 0.0724 e. The number of piperidine rings is 1. The monoisotopic (exact) mass is 245 g/mol. The Morgan fingerprint density at radius 2 is 2.25 bits per heavy atom. The Kier molecular flexibility index (Phi) is 6.78. The Labute approximate surface area is 106 Å². The number of nitrogens with zero attached hydrogens (tertiary/aromatic N) is 1. The minimum Gasteiger partial charge on any atom is -0.380 e. The van der Waals surface area contributed by atoms with Gasteiger partial charge in [0.2, 0.25) is 0 Å². The first kappa shape index (κ1) is 14.3. The largest absolute Gasteiger partial charge is 0.380 e. The van der Waals surface area contributed by atoms with E-state index in [1.165, 1.54) is 32.4 Å². The molecule has 1 rings (SSSR count). The van der Waals surface area contributed by atoms with Crippen LogP contribution in [0.15, 0.2) is 0 Å². The van der Waals surface area contributed by atoms with Crippen LogP contribution in [0.3, 0.4) is 0 Å². The molecule has 0 amide bonds. The summed E-state index contributed by atoms with van der Waals surface area (Å²) in [5.74, 6) is 2.47. The minimum atomic E-state index is 0.427. The van der Waals surface area contributed by atoms with Crippen LogP contribution in [0.4, 0.5) is 0 Å². The highest BCUT2D eigenvalue weighted by Gasteiger charge is 2.26. The maximum atomic E-state index is 5.55. The Morgan fingerprint density at radius 1 is 1.50 bits per heavy atom. The van der Waals surface area contributed by atoms with Crippen LogP contribution in [0.2, 0.25) is 0 Å². The summed E-state index contributed by atoms with van der Waals surface area (Å²) in [7, 11) is 1.84. The predicted molar refractivity (Wildman–Crippen MR) is 73.3 cm³/mol. The molecule has 3 atom stereocenters. The topological polar surface area (TPSA) is 12.5 Å². The van der Waals surface area contributed by atoms with E-state index in [1.807, 2.05) is 7.11 Å².